The minimum absolute atomic E-state index is 0.0591. The molecule has 0 bridgehead atoms. The van der Waals surface area contributed by atoms with Crippen molar-refractivity contribution in [1.29, 1.82) is 0 Å². The largest absolute Gasteiger partial charge is 0.481 e. The summed E-state index contributed by atoms with van der Waals surface area (Å²) in [7, 11) is 0. The van der Waals surface area contributed by atoms with Crippen molar-refractivity contribution in [2.75, 3.05) is 6.54 Å². The highest BCUT2D eigenvalue weighted by Crippen LogP contribution is 2.68. The molecule has 4 fully saturated rings. The molecule has 0 amide bonds. The SMILES string of the molecule is C[C@H](CCC(=O)O)[C@H]1CCC2C3CC[C@@H]4C[C@H](O)CC[C@]4(C)C3C[C@H](O)[C@@]21C.NCCCC[C@H](N)C(=O)O. The summed E-state index contributed by atoms with van der Waals surface area (Å²) in [5.41, 5.74) is 10.6. The molecule has 8 heteroatoms. The Balaban J connectivity index is 0.000000342. The maximum atomic E-state index is 11.5. The molecule has 0 aromatic heterocycles. The van der Waals surface area contributed by atoms with Gasteiger partial charge in [-0.25, -0.2) is 0 Å². The molecule has 8 N–H and O–H groups in total. The average Bonchev–Trinajstić information content (AvgIpc) is 3.23. The van der Waals surface area contributed by atoms with E-state index < -0.39 is 18.0 Å². The van der Waals surface area contributed by atoms with Gasteiger partial charge >= 0.3 is 11.9 Å². The quantitative estimate of drug-likeness (QED) is 0.239. The van der Waals surface area contributed by atoms with Crippen LogP contribution in [-0.2, 0) is 9.59 Å². The lowest BCUT2D eigenvalue weighted by Gasteiger charge is -2.62. The molecule has 3 unspecified atom stereocenters. The van der Waals surface area contributed by atoms with Crippen LogP contribution in [0.4, 0.5) is 0 Å². The molecule has 0 aromatic carbocycles. The van der Waals surface area contributed by atoms with E-state index in [0.717, 1.165) is 51.4 Å². The fourth-order valence-corrected chi connectivity index (χ4v) is 9.34. The van der Waals surface area contributed by atoms with E-state index >= 15 is 0 Å². The summed E-state index contributed by atoms with van der Waals surface area (Å²) < 4.78 is 0. The number of unbranched alkanes of at least 4 members (excludes halogenated alkanes) is 1. The third kappa shape index (κ3) is 6.39. The first-order valence-corrected chi connectivity index (χ1v) is 15.1. The zero-order valence-electron chi connectivity index (χ0n) is 23.9. The van der Waals surface area contributed by atoms with E-state index in [1.165, 1.54) is 19.3 Å². The average molecular weight is 539 g/mol. The number of aliphatic hydroxyl groups excluding tert-OH is 2. The van der Waals surface area contributed by atoms with Crippen molar-refractivity contribution in [2.45, 2.75) is 122 Å². The summed E-state index contributed by atoms with van der Waals surface area (Å²) in [5.74, 6) is 1.62. The molecule has 0 spiro atoms. The van der Waals surface area contributed by atoms with E-state index in [1.807, 2.05) is 0 Å². The molecule has 0 aromatic rings. The Bertz CT molecular complexity index is 810. The summed E-state index contributed by atoms with van der Waals surface area (Å²) in [6.07, 6.45) is 11.4. The Hall–Kier alpha value is -1.22. The predicted octanol–water partition coefficient (Wildman–Crippen LogP) is 4.01. The lowest BCUT2D eigenvalue weighted by atomic mass is 9.43. The molecule has 8 nitrogen and oxygen atoms in total. The van der Waals surface area contributed by atoms with Gasteiger partial charge in [0.05, 0.1) is 12.2 Å². The van der Waals surface area contributed by atoms with Crippen molar-refractivity contribution < 1.29 is 30.0 Å². The molecule has 38 heavy (non-hydrogen) atoms. The van der Waals surface area contributed by atoms with E-state index in [1.54, 1.807) is 0 Å². The molecule has 4 aliphatic carbocycles. The number of nitrogens with two attached hydrogens (primary N) is 2. The maximum absolute atomic E-state index is 11.5. The van der Waals surface area contributed by atoms with Gasteiger partial charge in [-0.1, -0.05) is 27.2 Å². The van der Waals surface area contributed by atoms with Crippen LogP contribution in [0, 0.1) is 46.3 Å². The zero-order valence-corrected chi connectivity index (χ0v) is 23.9. The first-order valence-electron chi connectivity index (χ1n) is 15.1. The molecule has 4 saturated carbocycles. The van der Waals surface area contributed by atoms with Crippen molar-refractivity contribution in [2.24, 2.45) is 57.8 Å². The van der Waals surface area contributed by atoms with Crippen molar-refractivity contribution in [1.82, 2.24) is 0 Å². The van der Waals surface area contributed by atoms with Crippen LogP contribution in [-0.4, -0.2) is 57.2 Å². The van der Waals surface area contributed by atoms with Crippen LogP contribution < -0.4 is 11.5 Å². The number of aliphatic carboxylic acids is 2. The zero-order chi connectivity index (χ0) is 28.3. The third-order valence-electron chi connectivity index (χ3n) is 11.6. The van der Waals surface area contributed by atoms with Crippen molar-refractivity contribution in [3.63, 3.8) is 0 Å². The molecule has 4 aliphatic rings. The number of carbonyl (C=O) groups is 2. The Morgan fingerprint density at radius 3 is 2.29 bits per heavy atom. The number of carboxylic acids is 2. The molecular weight excluding hydrogens is 484 g/mol. The predicted molar refractivity (Wildman–Crippen MR) is 147 cm³/mol. The molecule has 4 rings (SSSR count). The summed E-state index contributed by atoms with van der Waals surface area (Å²) >= 11 is 0. The number of hydrogen-bond donors (Lipinski definition) is 6. The van der Waals surface area contributed by atoms with Crippen LogP contribution in [0.15, 0.2) is 0 Å². The Morgan fingerprint density at radius 1 is 0.947 bits per heavy atom. The summed E-state index contributed by atoms with van der Waals surface area (Å²) in [6.45, 7) is 7.59. The van der Waals surface area contributed by atoms with E-state index in [2.05, 4.69) is 20.8 Å². The normalized spacial score (nSPS) is 41.5. The number of fused-ring (bicyclic) bond motifs is 5. The second-order valence-electron chi connectivity index (χ2n) is 13.5. The Kier molecular flexibility index (Phi) is 10.7. The van der Waals surface area contributed by atoms with Crippen molar-refractivity contribution in [3.05, 3.63) is 0 Å². The minimum Gasteiger partial charge on any atom is -0.481 e. The second kappa shape index (κ2) is 13.0. The Morgan fingerprint density at radius 2 is 1.66 bits per heavy atom. The first kappa shape index (κ1) is 31.3. The van der Waals surface area contributed by atoms with E-state index in [9.17, 15) is 19.8 Å². The van der Waals surface area contributed by atoms with Gasteiger partial charge in [-0.2, -0.15) is 0 Å². The molecule has 0 radical (unpaired) electrons. The van der Waals surface area contributed by atoms with Gasteiger partial charge in [0, 0.05) is 6.42 Å². The van der Waals surface area contributed by atoms with E-state index in [4.69, 9.17) is 21.7 Å². The summed E-state index contributed by atoms with van der Waals surface area (Å²) in [6, 6.07) is -0.716. The smallest absolute Gasteiger partial charge is 0.320 e. The van der Waals surface area contributed by atoms with Gasteiger partial charge in [0.15, 0.2) is 0 Å². The number of carboxylic acid groups (broad SMARTS) is 2. The highest BCUT2D eigenvalue weighted by molar-refractivity contribution is 5.72. The van der Waals surface area contributed by atoms with E-state index in [-0.39, 0.29) is 29.5 Å². The van der Waals surface area contributed by atoms with Crippen molar-refractivity contribution in [3.8, 4) is 0 Å². The molecular formula is C30H54N2O6. The van der Waals surface area contributed by atoms with Gasteiger partial charge in [0.2, 0.25) is 0 Å². The van der Waals surface area contributed by atoms with Crippen LogP contribution in [0.1, 0.15) is 104 Å². The van der Waals surface area contributed by atoms with Crippen molar-refractivity contribution >= 4 is 11.9 Å². The summed E-state index contributed by atoms with van der Waals surface area (Å²) in [5, 5.41) is 39.1. The number of aliphatic hydroxyl groups is 2. The fourth-order valence-electron chi connectivity index (χ4n) is 9.34. The monoisotopic (exact) mass is 538 g/mol. The lowest BCUT2D eigenvalue weighted by molar-refractivity contribution is -0.175. The number of hydrogen-bond acceptors (Lipinski definition) is 6. The van der Waals surface area contributed by atoms with Gasteiger partial charge in [-0.3, -0.25) is 9.59 Å². The minimum atomic E-state index is -0.933. The topological polar surface area (TPSA) is 167 Å². The Labute approximate surface area is 228 Å². The fraction of sp³-hybridized carbons (Fsp3) is 0.933. The maximum Gasteiger partial charge on any atom is 0.320 e. The summed E-state index contributed by atoms with van der Waals surface area (Å²) in [4.78, 5) is 21.2. The van der Waals surface area contributed by atoms with Crippen LogP contribution in [0.3, 0.4) is 0 Å². The second-order valence-corrected chi connectivity index (χ2v) is 13.5. The van der Waals surface area contributed by atoms with Gasteiger partial charge < -0.3 is 31.9 Å². The highest BCUT2D eigenvalue weighted by Gasteiger charge is 2.63. The molecule has 0 aliphatic heterocycles. The standard InChI is InChI=1S/C24H40O4.C6H14N2O2/c1-14(4-9-22(27)28)18-7-8-19-17-6-5-15-12-16(25)10-11-23(15,2)20(17)13-21(26)24(18,19)3;7-4-2-1-3-5(8)6(9)10/h14-21,25-26H,4-13H2,1-3H3,(H,27,28);5H,1-4,7-8H2,(H,9,10)/t14-,15-,16-,17?,18-,19?,20?,21+,23+,24-;5-/m10/s1. The van der Waals surface area contributed by atoms with Gasteiger partial charge in [-0.15, -0.1) is 0 Å². The van der Waals surface area contributed by atoms with Crippen LogP contribution in [0.25, 0.3) is 0 Å². The highest BCUT2D eigenvalue weighted by atomic mass is 16.4. The van der Waals surface area contributed by atoms with Crippen LogP contribution in [0.2, 0.25) is 0 Å². The van der Waals surface area contributed by atoms with Gasteiger partial charge in [0.25, 0.3) is 0 Å². The van der Waals surface area contributed by atoms with Gasteiger partial charge in [0.1, 0.15) is 6.04 Å². The third-order valence-corrected chi connectivity index (χ3v) is 11.6. The molecule has 0 heterocycles. The molecule has 220 valence electrons. The van der Waals surface area contributed by atoms with Crippen LogP contribution >= 0.6 is 0 Å². The van der Waals surface area contributed by atoms with E-state index in [0.29, 0.717) is 48.5 Å². The van der Waals surface area contributed by atoms with Crippen LogP contribution in [0.5, 0.6) is 0 Å². The first-order chi connectivity index (χ1) is 17.9. The molecule has 11 atom stereocenters. The molecule has 0 saturated heterocycles. The number of rotatable bonds is 9. The lowest BCUT2D eigenvalue weighted by Crippen LogP contribution is -2.58. The van der Waals surface area contributed by atoms with Gasteiger partial charge in [-0.05, 0) is 124 Å².